The lowest BCUT2D eigenvalue weighted by molar-refractivity contribution is -0.147. The van der Waals surface area contributed by atoms with Gasteiger partial charge < -0.3 is 9.47 Å². The van der Waals surface area contributed by atoms with Crippen LogP contribution in [-0.2, 0) is 20.7 Å². The third-order valence-electron chi connectivity index (χ3n) is 4.14. The molecule has 23 heavy (non-hydrogen) atoms. The molecule has 4 nitrogen and oxygen atoms in total. The summed E-state index contributed by atoms with van der Waals surface area (Å²) in [6.07, 6.45) is 4.38. The molecular formula is C19H23NO3. The van der Waals surface area contributed by atoms with Crippen molar-refractivity contribution in [2.75, 3.05) is 19.8 Å². The van der Waals surface area contributed by atoms with Gasteiger partial charge in [0.05, 0.1) is 25.9 Å². The molecule has 1 aromatic carbocycles. The van der Waals surface area contributed by atoms with Gasteiger partial charge in [0.25, 0.3) is 0 Å². The average molecular weight is 313 g/mol. The predicted octanol–water partition coefficient (Wildman–Crippen LogP) is 3.28. The van der Waals surface area contributed by atoms with Gasteiger partial charge in [0.15, 0.2) is 5.92 Å². The zero-order chi connectivity index (χ0) is 16.5. The van der Waals surface area contributed by atoms with Gasteiger partial charge in [0, 0.05) is 5.92 Å². The number of hydrogen-bond acceptors (Lipinski definition) is 4. The summed E-state index contributed by atoms with van der Waals surface area (Å²) >= 11 is 0. The van der Waals surface area contributed by atoms with E-state index in [0.29, 0.717) is 19.8 Å². The van der Waals surface area contributed by atoms with Gasteiger partial charge in [-0.3, -0.25) is 4.79 Å². The number of nitrogens with zero attached hydrogens (tertiary/aromatic N) is 1. The van der Waals surface area contributed by atoms with E-state index in [1.165, 1.54) is 5.56 Å². The Balaban J connectivity index is 2.15. The first-order valence-electron chi connectivity index (χ1n) is 8.13. The molecule has 1 aliphatic heterocycles. The van der Waals surface area contributed by atoms with Gasteiger partial charge in [-0.1, -0.05) is 42.0 Å². The molecule has 1 aliphatic rings. The summed E-state index contributed by atoms with van der Waals surface area (Å²) in [7, 11) is 0. The van der Waals surface area contributed by atoms with Crippen LogP contribution in [0.15, 0.2) is 42.0 Å². The molecule has 1 unspecified atom stereocenters. The smallest absolute Gasteiger partial charge is 0.323 e. The summed E-state index contributed by atoms with van der Waals surface area (Å²) in [6, 6.07) is 12.3. The van der Waals surface area contributed by atoms with Crippen molar-refractivity contribution < 1.29 is 14.3 Å². The maximum absolute atomic E-state index is 12.2. The van der Waals surface area contributed by atoms with Crippen LogP contribution in [0.1, 0.15) is 25.3 Å². The zero-order valence-electron chi connectivity index (χ0n) is 13.5. The Morgan fingerprint density at radius 3 is 2.78 bits per heavy atom. The lowest BCUT2D eigenvalue weighted by Gasteiger charge is -2.26. The van der Waals surface area contributed by atoms with Gasteiger partial charge in [0.2, 0.25) is 0 Å². The Morgan fingerprint density at radius 2 is 2.17 bits per heavy atom. The number of ether oxygens (including phenoxy) is 2. The van der Waals surface area contributed by atoms with Crippen molar-refractivity contribution in [2.24, 2.45) is 11.8 Å². The summed E-state index contributed by atoms with van der Waals surface area (Å²) in [5.41, 5.74) is 2.36. The van der Waals surface area contributed by atoms with Crippen molar-refractivity contribution in [2.45, 2.75) is 26.2 Å². The highest BCUT2D eigenvalue weighted by Gasteiger charge is 2.32. The first-order chi connectivity index (χ1) is 11.3. The van der Waals surface area contributed by atoms with Gasteiger partial charge in [-0.25, -0.2) is 0 Å². The molecule has 4 heteroatoms. The Bertz CT molecular complexity index is 574. The van der Waals surface area contributed by atoms with Crippen LogP contribution in [0, 0.1) is 23.2 Å². The second-order valence-electron chi connectivity index (χ2n) is 5.59. The van der Waals surface area contributed by atoms with E-state index in [9.17, 15) is 10.1 Å². The molecule has 0 amide bonds. The minimum atomic E-state index is -0.747. The predicted molar refractivity (Wildman–Crippen MR) is 87.5 cm³/mol. The van der Waals surface area contributed by atoms with Gasteiger partial charge in [0.1, 0.15) is 0 Å². The summed E-state index contributed by atoms with van der Waals surface area (Å²) in [4.78, 5) is 12.2. The van der Waals surface area contributed by atoms with Crippen LogP contribution >= 0.6 is 0 Å². The molecule has 1 heterocycles. The monoisotopic (exact) mass is 313 g/mol. The van der Waals surface area contributed by atoms with Crippen molar-refractivity contribution in [1.82, 2.24) is 0 Å². The van der Waals surface area contributed by atoms with E-state index in [1.54, 1.807) is 6.92 Å². The third-order valence-corrected chi connectivity index (χ3v) is 4.14. The second kappa shape index (κ2) is 9.12. The molecule has 0 aromatic heterocycles. The number of esters is 1. The highest BCUT2D eigenvalue weighted by atomic mass is 16.5. The fourth-order valence-corrected chi connectivity index (χ4v) is 2.95. The van der Waals surface area contributed by atoms with Crippen molar-refractivity contribution in [3.63, 3.8) is 0 Å². The summed E-state index contributed by atoms with van der Waals surface area (Å²) < 4.78 is 10.5. The Labute approximate surface area is 137 Å². The molecule has 0 saturated heterocycles. The lowest BCUT2D eigenvalue weighted by atomic mass is 9.80. The summed E-state index contributed by atoms with van der Waals surface area (Å²) in [5, 5.41) is 9.51. The van der Waals surface area contributed by atoms with E-state index in [1.807, 2.05) is 24.3 Å². The first kappa shape index (κ1) is 17.2. The van der Waals surface area contributed by atoms with Crippen molar-refractivity contribution in [3.05, 3.63) is 47.5 Å². The molecule has 0 fully saturated rings. The molecular weight excluding hydrogens is 290 g/mol. The van der Waals surface area contributed by atoms with E-state index in [0.717, 1.165) is 24.8 Å². The van der Waals surface area contributed by atoms with Crippen molar-refractivity contribution >= 4 is 5.97 Å². The number of nitriles is 1. The SMILES string of the molecule is CCOC(=O)C(C#N)[C@H](CCc1ccccc1)C1=CCOCC1. The number of hydrogen-bond donors (Lipinski definition) is 0. The number of rotatable bonds is 7. The second-order valence-corrected chi connectivity index (χ2v) is 5.59. The van der Waals surface area contributed by atoms with Crippen LogP contribution in [-0.4, -0.2) is 25.8 Å². The number of benzene rings is 1. The zero-order valence-corrected chi connectivity index (χ0v) is 13.5. The summed E-state index contributed by atoms with van der Waals surface area (Å²) in [5.74, 6) is -1.27. The van der Waals surface area contributed by atoms with Crippen molar-refractivity contribution in [1.29, 1.82) is 5.26 Å². The van der Waals surface area contributed by atoms with Crippen LogP contribution in [0.5, 0.6) is 0 Å². The molecule has 0 spiro atoms. The van der Waals surface area contributed by atoms with E-state index in [2.05, 4.69) is 18.2 Å². The largest absolute Gasteiger partial charge is 0.465 e. The molecule has 1 aromatic rings. The molecule has 0 radical (unpaired) electrons. The standard InChI is InChI=1S/C19H23NO3/c1-2-23-19(21)18(14-20)17(16-10-12-22-13-11-16)9-8-15-6-4-3-5-7-15/h3-7,10,17-18H,2,8-9,11-13H2,1H3/t17-,18?/m1/s1. The maximum Gasteiger partial charge on any atom is 0.323 e. The fourth-order valence-electron chi connectivity index (χ4n) is 2.95. The Hall–Kier alpha value is -2.12. The molecule has 0 N–H and O–H groups in total. The lowest BCUT2D eigenvalue weighted by Crippen LogP contribution is -2.28. The molecule has 122 valence electrons. The van der Waals surface area contributed by atoms with Crippen molar-refractivity contribution in [3.8, 4) is 6.07 Å². The molecule has 0 bridgehead atoms. The highest BCUT2D eigenvalue weighted by Crippen LogP contribution is 2.30. The van der Waals surface area contributed by atoms with Crippen LogP contribution in [0.2, 0.25) is 0 Å². The highest BCUT2D eigenvalue weighted by molar-refractivity contribution is 5.76. The minimum absolute atomic E-state index is 0.108. The fraction of sp³-hybridized carbons (Fsp3) is 0.474. The van der Waals surface area contributed by atoms with Crippen LogP contribution < -0.4 is 0 Å². The summed E-state index contributed by atoms with van der Waals surface area (Å²) in [6.45, 7) is 3.26. The Kier molecular flexibility index (Phi) is 6.83. The van der Waals surface area contributed by atoms with Gasteiger partial charge in [-0.15, -0.1) is 0 Å². The first-order valence-corrected chi connectivity index (χ1v) is 8.13. The Morgan fingerprint density at radius 1 is 1.39 bits per heavy atom. The number of carbonyl (C=O) groups excluding carboxylic acids is 1. The number of aryl methyl sites for hydroxylation is 1. The quantitative estimate of drug-likeness (QED) is 0.572. The normalized spacial score (nSPS) is 16.8. The topological polar surface area (TPSA) is 59.3 Å². The number of carbonyl (C=O) groups is 1. The minimum Gasteiger partial charge on any atom is -0.465 e. The molecule has 0 aliphatic carbocycles. The van der Waals surface area contributed by atoms with E-state index >= 15 is 0 Å². The van der Waals surface area contributed by atoms with Gasteiger partial charge in [-0.2, -0.15) is 5.26 Å². The van der Waals surface area contributed by atoms with Crippen LogP contribution in [0.4, 0.5) is 0 Å². The van der Waals surface area contributed by atoms with E-state index < -0.39 is 11.9 Å². The maximum atomic E-state index is 12.2. The molecule has 0 saturated carbocycles. The van der Waals surface area contributed by atoms with E-state index in [4.69, 9.17) is 9.47 Å². The third kappa shape index (κ3) is 4.94. The molecule has 2 rings (SSSR count). The van der Waals surface area contributed by atoms with Crippen LogP contribution in [0.3, 0.4) is 0 Å². The van der Waals surface area contributed by atoms with Gasteiger partial charge in [-0.05, 0) is 31.7 Å². The van der Waals surface area contributed by atoms with Crippen LogP contribution in [0.25, 0.3) is 0 Å². The average Bonchev–Trinajstić information content (AvgIpc) is 2.60. The van der Waals surface area contributed by atoms with E-state index in [-0.39, 0.29) is 5.92 Å². The van der Waals surface area contributed by atoms with Gasteiger partial charge >= 0.3 is 5.97 Å². The molecule has 2 atom stereocenters.